The fourth-order valence-corrected chi connectivity index (χ4v) is 5.03. The molecule has 0 aliphatic heterocycles. The minimum atomic E-state index is -4.03. The summed E-state index contributed by atoms with van der Waals surface area (Å²) in [6.45, 7) is 5.49. The van der Waals surface area contributed by atoms with Crippen molar-refractivity contribution in [2.75, 3.05) is 18.9 Å². The predicted molar refractivity (Wildman–Crippen MR) is 134 cm³/mol. The van der Waals surface area contributed by atoms with E-state index in [1.54, 1.807) is 32.2 Å². The van der Waals surface area contributed by atoms with Gasteiger partial charge in [0.15, 0.2) is 11.5 Å². The van der Waals surface area contributed by atoms with Crippen molar-refractivity contribution in [3.63, 3.8) is 0 Å². The average Bonchev–Trinajstić information content (AvgIpc) is 2.80. The maximum absolute atomic E-state index is 13.1. The summed E-state index contributed by atoms with van der Waals surface area (Å²) in [5.74, 6) is 0.675. The van der Waals surface area contributed by atoms with Gasteiger partial charge in [-0.25, -0.2) is 8.42 Å². The molecule has 0 aliphatic rings. The number of halogens is 1. The molecule has 0 unspecified atom stereocenters. The molecule has 0 fully saturated rings. The lowest BCUT2D eigenvalue weighted by molar-refractivity contribution is 0.0939. The monoisotopic (exact) mass is 502 g/mol. The van der Waals surface area contributed by atoms with E-state index in [-0.39, 0.29) is 21.5 Å². The maximum atomic E-state index is 13.1. The van der Waals surface area contributed by atoms with Crippen LogP contribution in [0, 0.1) is 13.8 Å². The van der Waals surface area contributed by atoms with Crippen LogP contribution in [-0.2, 0) is 10.0 Å². The molecule has 9 heteroatoms. The highest BCUT2D eigenvalue weighted by Crippen LogP contribution is 2.30. The molecule has 2 N–H and O–H groups in total. The smallest absolute Gasteiger partial charge is 0.263 e. The Labute approximate surface area is 205 Å². The summed E-state index contributed by atoms with van der Waals surface area (Å²) in [5, 5.41) is 2.89. The minimum absolute atomic E-state index is 0.0160. The van der Waals surface area contributed by atoms with Gasteiger partial charge in [-0.15, -0.1) is 0 Å². The molecule has 0 radical (unpaired) electrons. The molecule has 7 nitrogen and oxygen atoms in total. The highest BCUT2D eigenvalue weighted by molar-refractivity contribution is 7.92. The van der Waals surface area contributed by atoms with Gasteiger partial charge in [0, 0.05) is 5.56 Å². The van der Waals surface area contributed by atoms with Gasteiger partial charge < -0.3 is 14.8 Å². The number of carbonyl (C=O) groups is 1. The van der Waals surface area contributed by atoms with Crippen LogP contribution in [0.15, 0.2) is 59.5 Å². The fourth-order valence-electron chi connectivity index (χ4n) is 3.38. The Balaban J connectivity index is 1.85. The highest BCUT2D eigenvalue weighted by atomic mass is 35.5. The van der Waals surface area contributed by atoms with E-state index in [1.165, 1.54) is 25.3 Å². The Morgan fingerprint density at radius 1 is 0.941 bits per heavy atom. The summed E-state index contributed by atoms with van der Waals surface area (Å²) < 4.78 is 39.3. The second kappa shape index (κ2) is 10.4. The standard InChI is InChI=1S/C25H27ClN2O5S/c1-15-6-7-16(2)21(12-15)28-34(30,31)24-14-19(8-10-20(24)26)25(29)27-17(3)18-9-11-22(32-4)23(13-18)33-5/h6-14,17,28H,1-5H3,(H,27,29)/t17-/m0/s1. The molecule has 3 aromatic carbocycles. The van der Waals surface area contributed by atoms with Gasteiger partial charge in [-0.1, -0.05) is 29.8 Å². The first-order chi connectivity index (χ1) is 16.1. The second-order valence-electron chi connectivity index (χ2n) is 7.88. The molecule has 3 aromatic rings. The molecule has 0 aliphatic carbocycles. The van der Waals surface area contributed by atoms with Gasteiger partial charge in [0.2, 0.25) is 0 Å². The lowest BCUT2D eigenvalue weighted by atomic mass is 10.1. The molecule has 1 amide bonds. The van der Waals surface area contributed by atoms with Gasteiger partial charge in [0.05, 0.1) is 31.0 Å². The van der Waals surface area contributed by atoms with Gasteiger partial charge in [0.25, 0.3) is 15.9 Å². The zero-order valence-corrected chi connectivity index (χ0v) is 21.2. The molecule has 0 saturated heterocycles. The van der Waals surface area contributed by atoms with E-state index < -0.39 is 15.9 Å². The van der Waals surface area contributed by atoms with Crippen LogP contribution in [0.4, 0.5) is 5.69 Å². The number of hydrogen-bond acceptors (Lipinski definition) is 5. The van der Waals surface area contributed by atoms with Gasteiger partial charge in [-0.05, 0) is 73.9 Å². The summed E-state index contributed by atoms with van der Waals surface area (Å²) in [6, 6.07) is 14.6. The van der Waals surface area contributed by atoms with E-state index in [1.807, 2.05) is 32.0 Å². The van der Waals surface area contributed by atoms with Crippen LogP contribution in [0.2, 0.25) is 5.02 Å². The first-order valence-electron chi connectivity index (χ1n) is 10.5. The zero-order valence-electron chi connectivity index (χ0n) is 19.6. The first-order valence-corrected chi connectivity index (χ1v) is 12.3. The van der Waals surface area contributed by atoms with Crippen molar-refractivity contribution in [2.45, 2.75) is 31.7 Å². The van der Waals surface area contributed by atoms with Gasteiger partial charge in [0.1, 0.15) is 4.90 Å². The van der Waals surface area contributed by atoms with Crippen molar-refractivity contribution >= 4 is 33.2 Å². The number of anilines is 1. The Hall–Kier alpha value is -3.23. The van der Waals surface area contributed by atoms with Crippen LogP contribution in [0.3, 0.4) is 0 Å². The van der Waals surface area contributed by atoms with Crippen molar-refractivity contribution in [1.82, 2.24) is 5.32 Å². The van der Waals surface area contributed by atoms with E-state index in [4.69, 9.17) is 21.1 Å². The topological polar surface area (TPSA) is 93.7 Å². The van der Waals surface area contributed by atoms with E-state index in [0.29, 0.717) is 17.2 Å². The van der Waals surface area contributed by atoms with Crippen LogP contribution < -0.4 is 19.5 Å². The number of methoxy groups -OCH3 is 2. The summed E-state index contributed by atoms with van der Waals surface area (Å²) in [7, 11) is -0.949. The molecule has 0 heterocycles. The Morgan fingerprint density at radius 2 is 1.65 bits per heavy atom. The third kappa shape index (κ3) is 5.63. The quantitative estimate of drug-likeness (QED) is 0.438. The third-order valence-electron chi connectivity index (χ3n) is 5.38. The Bertz CT molecular complexity index is 1320. The summed E-state index contributed by atoms with van der Waals surface area (Å²) in [5.41, 5.74) is 3.09. The lowest BCUT2D eigenvalue weighted by Gasteiger charge is -2.17. The number of amides is 1. The van der Waals surface area contributed by atoms with Gasteiger partial charge >= 0.3 is 0 Å². The summed E-state index contributed by atoms with van der Waals surface area (Å²) >= 11 is 6.21. The molecule has 0 aromatic heterocycles. The molecule has 34 heavy (non-hydrogen) atoms. The summed E-state index contributed by atoms with van der Waals surface area (Å²) in [6.07, 6.45) is 0. The van der Waals surface area contributed by atoms with Crippen LogP contribution in [0.5, 0.6) is 11.5 Å². The molecule has 3 rings (SSSR count). The third-order valence-corrected chi connectivity index (χ3v) is 7.22. The number of benzene rings is 3. The number of hydrogen-bond donors (Lipinski definition) is 2. The molecule has 0 spiro atoms. The first kappa shape index (κ1) is 25.4. The molecule has 0 saturated carbocycles. The molecule has 0 bridgehead atoms. The van der Waals surface area contributed by atoms with Gasteiger partial charge in [-0.2, -0.15) is 0 Å². The largest absolute Gasteiger partial charge is 0.493 e. The van der Waals surface area contributed by atoms with Crippen molar-refractivity contribution in [2.24, 2.45) is 0 Å². The molecular formula is C25H27ClN2O5S. The minimum Gasteiger partial charge on any atom is -0.493 e. The van der Waals surface area contributed by atoms with Crippen LogP contribution in [-0.4, -0.2) is 28.5 Å². The van der Waals surface area contributed by atoms with Gasteiger partial charge in [-0.3, -0.25) is 9.52 Å². The average molecular weight is 503 g/mol. The maximum Gasteiger partial charge on any atom is 0.263 e. The zero-order chi connectivity index (χ0) is 25.0. The Kier molecular flexibility index (Phi) is 7.74. The van der Waals surface area contributed by atoms with Crippen molar-refractivity contribution < 1.29 is 22.7 Å². The number of sulfonamides is 1. The number of carbonyl (C=O) groups excluding carboxylic acids is 1. The number of ether oxygens (including phenoxy) is 2. The number of nitrogens with one attached hydrogen (secondary N) is 2. The predicted octanol–water partition coefficient (Wildman–Crippen LogP) is 5.27. The second-order valence-corrected chi connectivity index (χ2v) is 9.94. The molecule has 1 atom stereocenters. The van der Waals surface area contributed by atoms with Crippen LogP contribution in [0.25, 0.3) is 0 Å². The van der Waals surface area contributed by atoms with Crippen LogP contribution in [0.1, 0.15) is 40.0 Å². The Morgan fingerprint density at radius 3 is 2.32 bits per heavy atom. The van der Waals surface area contributed by atoms with E-state index in [9.17, 15) is 13.2 Å². The number of rotatable bonds is 8. The van der Waals surface area contributed by atoms with E-state index >= 15 is 0 Å². The number of aryl methyl sites for hydroxylation is 2. The van der Waals surface area contributed by atoms with Crippen LogP contribution >= 0.6 is 11.6 Å². The van der Waals surface area contributed by atoms with Crippen molar-refractivity contribution in [1.29, 1.82) is 0 Å². The molecular weight excluding hydrogens is 476 g/mol. The SMILES string of the molecule is COc1ccc([C@H](C)NC(=O)c2ccc(Cl)c(S(=O)(=O)Nc3cc(C)ccc3C)c2)cc1OC. The fraction of sp³-hybridized carbons (Fsp3) is 0.240. The lowest BCUT2D eigenvalue weighted by Crippen LogP contribution is -2.27. The van der Waals surface area contributed by atoms with Crippen molar-refractivity contribution in [3.05, 3.63) is 81.9 Å². The summed E-state index contributed by atoms with van der Waals surface area (Å²) in [4.78, 5) is 12.7. The highest BCUT2D eigenvalue weighted by Gasteiger charge is 2.22. The van der Waals surface area contributed by atoms with E-state index in [0.717, 1.165) is 16.7 Å². The van der Waals surface area contributed by atoms with Crippen molar-refractivity contribution in [3.8, 4) is 11.5 Å². The van der Waals surface area contributed by atoms with E-state index in [2.05, 4.69) is 10.0 Å². The molecule has 180 valence electrons. The normalized spacial score (nSPS) is 12.1.